The van der Waals surface area contributed by atoms with Gasteiger partial charge in [-0.05, 0) is 37.6 Å². The second-order valence-corrected chi connectivity index (χ2v) is 6.17. The molecule has 1 fully saturated rings. The summed E-state index contributed by atoms with van der Waals surface area (Å²) in [7, 11) is 3.60. The van der Waals surface area contributed by atoms with Gasteiger partial charge in [-0.3, -0.25) is 4.90 Å². The molecule has 0 radical (unpaired) electrons. The van der Waals surface area contributed by atoms with E-state index in [1.54, 1.807) is 12.1 Å². The van der Waals surface area contributed by atoms with E-state index in [-0.39, 0.29) is 11.4 Å². The number of nitrogens with two attached hydrogens (primary N) is 1. The second-order valence-electron chi connectivity index (χ2n) is 6.17. The topological polar surface area (TPSA) is 38.5 Å². The van der Waals surface area contributed by atoms with Gasteiger partial charge in [0.15, 0.2) is 11.6 Å². The van der Waals surface area contributed by atoms with Gasteiger partial charge in [-0.25, -0.2) is 4.39 Å². The second kappa shape index (κ2) is 7.23. The lowest BCUT2D eigenvalue weighted by Gasteiger charge is -2.41. The molecule has 0 heterocycles. The number of nitrogens with zero attached hydrogens (tertiary/aromatic N) is 1. The molecule has 1 aromatic carbocycles. The van der Waals surface area contributed by atoms with Crippen molar-refractivity contribution < 1.29 is 9.13 Å². The van der Waals surface area contributed by atoms with E-state index in [2.05, 4.69) is 11.9 Å². The molecule has 1 saturated carbocycles. The molecule has 0 unspecified atom stereocenters. The summed E-state index contributed by atoms with van der Waals surface area (Å²) in [6.07, 6.45) is 7.34. The predicted molar refractivity (Wildman–Crippen MR) is 83.9 cm³/mol. The Hall–Kier alpha value is -1.13. The molecule has 1 aliphatic carbocycles. The lowest BCUT2D eigenvalue weighted by Crippen LogP contribution is -2.51. The highest BCUT2D eigenvalue weighted by Gasteiger charge is 2.33. The maximum absolute atomic E-state index is 13.8. The van der Waals surface area contributed by atoms with E-state index in [1.807, 2.05) is 6.07 Å². The van der Waals surface area contributed by atoms with Gasteiger partial charge in [0.05, 0.1) is 7.11 Å². The van der Waals surface area contributed by atoms with Gasteiger partial charge in [0, 0.05) is 18.6 Å². The van der Waals surface area contributed by atoms with Crippen LogP contribution in [0.2, 0.25) is 0 Å². The first-order valence-corrected chi connectivity index (χ1v) is 7.85. The van der Waals surface area contributed by atoms with Crippen LogP contribution in [0.1, 0.15) is 44.1 Å². The van der Waals surface area contributed by atoms with Crippen LogP contribution in [-0.2, 0) is 6.54 Å². The van der Waals surface area contributed by atoms with Crippen molar-refractivity contribution in [1.82, 2.24) is 4.90 Å². The van der Waals surface area contributed by atoms with Crippen molar-refractivity contribution in [3.05, 3.63) is 29.6 Å². The molecule has 0 amide bonds. The number of rotatable bonds is 5. The first-order chi connectivity index (χ1) is 10.1. The van der Waals surface area contributed by atoms with Gasteiger partial charge in [0.1, 0.15) is 0 Å². The van der Waals surface area contributed by atoms with Crippen LogP contribution in [0, 0.1) is 5.82 Å². The highest BCUT2D eigenvalue weighted by Crippen LogP contribution is 2.32. The molecule has 0 bridgehead atoms. The monoisotopic (exact) mass is 294 g/mol. The lowest BCUT2D eigenvalue weighted by molar-refractivity contribution is 0.0996. The summed E-state index contributed by atoms with van der Waals surface area (Å²) in [6, 6.07) is 5.19. The van der Waals surface area contributed by atoms with E-state index in [9.17, 15) is 4.39 Å². The standard InChI is InChI=1S/C17H27FN2O/c1-20(17(13-19)9-5-3-4-6-10-17)12-14-7-8-16(21-2)15(18)11-14/h7-8,11H,3-6,9-10,12-13,19H2,1-2H3. The van der Waals surface area contributed by atoms with E-state index in [1.165, 1.54) is 32.8 Å². The Morgan fingerprint density at radius 1 is 1.24 bits per heavy atom. The summed E-state index contributed by atoms with van der Waals surface area (Å²) < 4.78 is 18.8. The normalized spacial score (nSPS) is 18.5. The molecule has 3 nitrogen and oxygen atoms in total. The minimum absolute atomic E-state index is 0.0624. The highest BCUT2D eigenvalue weighted by molar-refractivity contribution is 5.29. The van der Waals surface area contributed by atoms with Crippen LogP contribution in [-0.4, -0.2) is 31.1 Å². The van der Waals surface area contributed by atoms with Gasteiger partial charge >= 0.3 is 0 Å². The minimum Gasteiger partial charge on any atom is -0.494 e. The Labute approximate surface area is 127 Å². The molecule has 0 spiro atoms. The molecule has 1 aliphatic rings. The maximum atomic E-state index is 13.8. The summed E-state index contributed by atoms with van der Waals surface area (Å²) in [5.74, 6) is -0.00419. The zero-order chi connectivity index (χ0) is 15.3. The van der Waals surface area contributed by atoms with Crippen LogP contribution in [0.15, 0.2) is 18.2 Å². The van der Waals surface area contributed by atoms with Gasteiger partial charge < -0.3 is 10.5 Å². The zero-order valence-electron chi connectivity index (χ0n) is 13.2. The average molecular weight is 294 g/mol. The number of methoxy groups -OCH3 is 1. The van der Waals surface area contributed by atoms with Crippen LogP contribution in [0.25, 0.3) is 0 Å². The van der Waals surface area contributed by atoms with Crippen molar-refractivity contribution >= 4 is 0 Å². The van der Waals surface area contributed by atoms with Gasteiger partial charge in [0.25, 0.3) is 0 Å². The van der Waals surface area contributed by atoms with E-state index < -0.39 is 0 Å². The first-order valence-electron chi connectivity index (χ1n) is 7.85. The molecular weight excluding hydrogens is 267 g/mol. The quantitative estimate of drug-likeness (QED) is 0.847. The number of halogens is 1. The molecule has 0 saturated heterocycles. The molecule has 2 N–H and O–H groups in total. The predicted octanol–water partition coefficient (Wildman–Crippen LogP) is 3.32. The zero-order valence-corrected chi connectivity index (χ0v) is 13.2. The molecule has 2 rings (SSSR count). The molecular formula is C17H27FN2O. The number of benzene rings is 1. The van der Waals surface area contributed by atoms with Crippen molar-refractivity contribution in [2.24, 2.45) is 5.73 Å². The number of hydrogen-bond acceptors (Lipinski definition) is 3. The Kier molecular flexibility index (Phi) is 5.59. The van der Waals surface area contributed by atoms with Crippen molar-refractivity contribution in [1.29, 1.82) is 0 Å². The summed E-state index contributed by atoms with van der Waals surface area (Å²) in [5.41, 5.74) is 7.13. The fourth-order valence-electron chi connectivity index (χ4n) is 3.38. The van der Waals surface area contributed by atoms with Crippen LogP contribution in [0.3, 0.4) is 0 Å². The summed E-state index contributed by atoms with van der Waals surface area (Å²) in [5, 5.41) is 0. The Morgan fingerprint density at radius 2 is 1.90 bits per heavy atom. The van der Waals surface area contributed by atoms with Crippen molar-refractivity contribution in [2.45, 2.75) is 50.6 Å². The first kappa shape index (κ1) is 16.2. The number of hydrogen-bond donors (Lipinski definition) is 1. The molecule has 0 aromatic heterocycles. The van der Waals surface area contributed by atoms with E-state index in [4.69, 9.17) is 10.5 Å². The molecule has 21 heavy (non-hydrogen) atoms. The van der Waals surface area contributed by atoms with E-state index in [0.29, 0.717) is 12.3 Å². The highest BCUT2D eigenvalue weighted by atomic mass is 19.1. The number of ether oxygens (including phenoxy) is 1. The third-order valence-corrected chi connectivity index (χ3v) is 4.86. The Morgan fingerprint density at radius 3 is 2.43 bits per heavy atom. The lowest BCUT2D eigenvalue weighted by atomic mass is 9.88. The van der Waals surface area contributed by atoms with Gasteiger partial charge in [-0.2, -0.15) is 0 Å². The fourth-order valence-corrected chi connectivity index (χ4v) is 3.38. The van der Waals surface area contributed by atoms with Crippen LogP contribution in [0.5, 0.6) is 5.75 Å². The largest absolute Gasteiger partial charge is 0.494 e. The van der Waals surface area contributed by atoms with Gasteiger partial charge in [-0.1, -0.05) is 31.7 Å². The van der Waals surface area contributed by atoms with Crippen LogP contribution >= 0.6 is 0 Å². The van der Waals surface area contributed by atoms with Gasteiger partial charge in [-0.15, -0.1) is 0 Å². The molecule has 0 atom stereocenters. The summed E-state index contributed by atoms with van der Waals surface area (Å²) in [6.45, 7) is 1.39. The van der Waals surface area contributed by atoms with E-state index >= 15 is 0 Å². The Bertz CT molecular complexity index is 456. The smallest absolute Gasteiger partial charge is 0.165 e. The maximum Gasteiger partial charge on any atom is 0.165 e. The van der Waals surface area contributed by atoms with Crippen molar-refractivity contribution in [2.75, 3.05) is 20.7 Å². The minimum atomic E-state index is -0.300. The van der Waals surface area contributed by atoms with Crippen LogP contribution < -0.4 is 10.5 Å². The van der Waals surface area contributed by atoms with E-state index in [0.717, 1.165) is 24.9 Å². The van der Waals surface area contributed by atoms with Crippen LogP contribution in [0.4, 0.5) is 4.39 Å². The number of likely N-dealkylation sites (N-methyl/N-ethyl adjacent to an activating group) is 1. The average Bonchev–Trinajstić information content (AvgIpc) is 2.74. The van der Waals surface area contributed by atoms with Crippen molar-refractivity contribution in [3.8, 4) is 5.75 Å². The Balaban J connectivity index is 2.11. The summed E-state index contributed by atoms with van der Waals surface area (Å²) in [4.78, 5) is 2.32. The molecule has 118 valence electrons. The third kappa shape index (κ3) is 3.74. The van der Waals surface area contributed by atoms with Gasteiger partial charge in [0.2, 0.25) is 0 Å². The SMILES string of the molecule is COc1ccc(CN(C)C2(CN)CCCCCC2)cc1F. The van der Waals surface area contributed by atoms with Crippen molar-refractivity contribution in [3.63, 3.8) is 0 Å². The molecule has 4 heteroatoms. The summed E-state index contributed by atoms with van der Waals surface area (Å²) >= 11 is 0. The molecule has 1 aromatic rings. The molecule has 0 aliphatic heterocycles. The fraction of sp³-hybridized carbons (Fsp3) is 0.647. The third-order valence-electron chi connectivity index (χ3n) is 4.86.